The molecule has 2 N–H and O–H groups in total. The van der Waals surface area contributed by atoms with Crippen LogP contribution in [0.2, 0.25) is 0 Å². The Kier molecular flexibility index (Phi) is 2.78. The number of phenols is 1. The molecule has 0 unspecified atom stereocenters. The van der Waals surface area contributed by atoms with Gasteiger partial charge in [0.15, 0.2) is 0 Å². The van der Waals surface area contributed by atoms with E-state index in [2.05, 4.69) is 0 Å². The minimum atomic E-state index is -0.435. The van der Waals surface area contributed by atoms with Gasteiger partial charge in [0.25, 0.3) is 5.56 Å². The number of nitrogens with zero attached hydrogens (tertiary/aromatic N) is 2. The molecule has 0 saturated heterocycles. The maximum atomic E-state index is 11.8. The van der Waals surface area contributed by atoms with Gasteiger partial charge >= 0.3 is 0 Å². The number of aromatic hydroxyl groups is 2. The molecule has 1 aromatic carbocycles. The number of nitriles is 1. The summed E-state index contributed by atoms with van der Waals surface area (Å²) in [4.78, 5) is 11.8. The van der Waals surface area contributed by atoms with Crippen molar-refractivity contribution in [2.75, 3.05) is 0 Å². The van der Waals surface area contributed by atoms with E-state index < -0.39 is 11.4 Å². The summed E-state index contributed by atoms with van der Waals surface area (Å²) in [6.45, 7) is 1.58. The van der Waals surface area contributed by atoms with Crippen molar-refractivity contribution in [3.8, 4) is 23.4 Å². The van der Waals surface area contributed by atoms with E-state index in [0.29, 0.717) is 11.3 Å². The first kappa shape index (κ1) is 11.7. The van der Waals surface area contributed by atoms with Crippen LogP contribution < -0.4 is 5.56 Å². The van der Waals surface area contributed by atoms with Crippen LogP contribution >= 0.6 is 0 Å². The molecule has 0 radical (unpaired) electrons. The van der Waals surface area contributed by atoms with E-state index in [4.69, 9.17) is 5.26 Å². The van der Waals surface area contributed by atoms with E-state index in [1.54, 1.807) is 6.92 Å². The molecule has 0 aliphatic heterocycles. The molecule has 0 spiro atoms. The number of aryl methyl sites for hydroxylation is 1. The summed E-state index contributed by atoms with van der Waals surface area (Å²) in [7, 11) is 0. The van der Waals surface area contributed by atoms with Crippen molar-refractivity contribution >= 4 is 0 Å². The molecule has 0 aliphatic carbocycles. The Morgan fingerprint density at radius 3 is 2.39 bits per heavy atom. The molecule has 1 aromatic heterocycles. The zero-order valence-electron chi connectivity index (χ0n) is 9.58. The summed E-state index contributed by atoms with van der Waals surface area (Å²) < 4.78 is 1.02. The molecule has 5 heteroatoms. The lowest BCUT2D eigenvalue weighted by Crippen LogP contribution is -2.18. The Labute approximate surface area is 103 Å². The van der Waals surface area contributed by atoms with Crippen LogP contribution in [0.25, 0.3) is 5.69 Å². The van der Waals surface area contributed by atoms with Gasteiger partial charge in [-0.25, -0.2) is 4.57 Å². The maximum absolute atomic E-state index is 11.8. The van der Waals surface area contributed by atoms with E-state index in [1.807, 2.05) is 6.07 Å². The molecule has 2 rings (SSSR count). The molecule has 1 heterocycles. The Morgan fingerprint density at radius 2 is 1.83 bits per heavy atom. The van der Waals surface area contributed by atoms with Gasteiger partial charge in [-0.3, -0.25) is 4.79 Å². The van der Waals surface area contributed by atoms with Gasteiger partial charge in [-0.2, -0.15) is 5.26 Å². The van der Waals surface area contributed by atoms with E-state index in [9.17, 15) is 15.0 Å². The molecule has 0 aliphatic rings. The number of benzene rings is 1. The highest BCUT2D eigenvalue weighted by Crippen LogP contribution is 2.22. The van der Waals surface area contributed by atoms with Gasteiger partial charge in [0.05, 0.1) is 5.69 Å². The number of aromatic nitrogens is 1. The van der Waals surface area contributed by atoms with Crippen molar-refractivity contribution in [3.05, 3.63) is 51.8 Å². The summed E-state index contributed by atoms with van der Waals surface area (Å²) in [5.41, 5.74) is 0.430. The fourth-order valence-electron chi connectivity index (χ4n) is 1.70. The van der Waals surface area contributed by atoms with Crippen molar-refractivity contribution in [2.24, 2.45) is 0 Å². The average Bonchev–Trinajstić information content (AvgIpc) is 2.31. The van der Waals surface area contributed by atoms with E-state index in [0.717, 1.165) is 4.57 Å². The minimum absolute atomic E-state index is 0.0545. The first-order valence-corrected chi connectivity index (χ1v) is 5.19. The topological polar surface area (TPSA) is 86.2 Å². The molecule has 0 atom stereocenters. The molecular formula is C13H10N2O3. The highest BCUT2D eigenvalue weighted by molar-refractivity contribution is 5.49. The van der Waals surface area contributed by atoms with Gasteiger partial charge in [-0.05, 0) is 36.8 Å². The summed E-state index contributed by atoms with van der Waals surface area (Å²) in [5.74, 6) is -0.341. The third-order valence-electron chi connectivity index (χ3n) is 2.61. The molecule has 18 heavy (non-hydrogen) atoms. The number of phenolic OH excluding ortho intramolecular Hbond substituents is 1. The highest BCUT2D eigenvalue weighted by atomic mass is 16.3. The molecular weight excluding hydrogens is 232 g/mol. The van der Waals surface area contributed by atoms with Crippen LogP contribution in [0.1, 0.15) is 11.1 Å². The summed E-state index contributed by atoms with van der Waals surface area (Å²) in [5, 5.41) is 28.1. The van der Waals surface area contributed by atoms with E-state index in [1.165, 1.54) is 30.3 Å². The number of rotatable bonds is 1. The van der Waals surface area contributed by atoms with Crippen LogP contribution in [0, 0.1) is 18.3 Å². The molecule has 0 fully saturated rings. The fraction of sp³-hybridized carbons (Fsp3) is 0.0769. The molecule has 5 nitrogen and oxygen atoms in total. The third kappa shape index (κ3) is 1.80. The molecule has 0 saturated carbocycles. The average molecular weight is 242 g/mol. The lowest BCUT2D eigenvalue weighted by atomic mass is 10.1. The van der Waals surface area contributed by atoms with Crippen LogP contribution in [-0.4, -0.2) is 14.8 Å². The van der Waals surface area contributed by atoms with Gasteiger partial charge < -0.3 is 10.2 Å². The molecule has 90 valence electrons. The second-order valence-electron chi connectivity index (χ2n) is 3.83. The third-order valence-corrected chi connectivity index (χ3v) is 2.61. The summed E-state index contributed by atoms with van der Waals surface area (Å²) >= 11 is 0. The predicted molar refractivity (Wildman–Crippen MR) is 64.8 cm³/mol. The van der Waals surface area contributed by atoms with Crippen LogP contribution in [0.4, 0.5) is 0 Å². The van der Waals surface area contributed by atoms with Crippen molar-refractivity contribution < 1.29 is 10.2 Å². The lowest BCUT2D eigenvalue weighted by Gasteiger charge is -2.10. The van der Waals surface area contributed by atoms with Crippen LogP contribution in [0.15, 0.2) is 35.1 Å². The van der Waals surface area contributed by atoms with Gasteiger partial charge in [-0.1, -0.05) is 0 Å². The number of pyridine rings is 1. The Balaban J connectivity index is 2.76. The van der Waals surface area contributed by atoms with Crippen LogP contribution in [0.5, 0.6) is 11.6 Å². The first-order valence-electron chi connectivity index (χ1n) is 5.19. The van der Waals surface area contributed by atoms with E-state index >= 15 is 0 Å². The highest BCUT2D eigenvalue weighted by Gasteiger charge is 2.13. The molecule has 0 amide bonds. The second-order valence-corrected chi connectivity index (χ2v) is 3.83. The second kappa shape index (κ2) is 4.26. The minimum Gasteiger partial charge on any atom is -0.508 e. The van der Waals surface area contributed by atoms with Crippen molar-refractivity contribution in [3.63, 3.8) is 0 Å². The van der Waals surface area contributed by atoms with Crippen LogP contribution in [0.3, 0.4) is 0 Å². The Bertz CT molecular complexity index is 694. The van der Waals surface area contributed by atoms with Crippen molar-refractivity contribution in [1.29, 1.82) is 5.26 Å². The normalized spacial score (nSPS) is 10.0. The monoisotopic (exact) mass is 242 g/mol. The van der Waals surface area contributed by atoms with Gasteiger partial charge in [-0.15, -0.1) is 0 Å². The quantitative estimate of drug-likeness (QED) is 0.792. The number of hydrogen-bond donors (Lipinski definition) is 2. The zero-order valence-corrected chi connectivity index (χ0v) is 9.58. The fourth-order valence-corrected chi connectivity index (χ4v) is 1.70. The van der Waals surface area contributed by atoms with Crippen LogP contribution in [-0.2, 0) is 0 Å². The first-order chi connectivity index (χ1) is 8.54. The lowest BCUT2D eigenvalue weighted by molar-refractivity contribution is 0.432. The molecule has 0 bridgehead atoms. The smallest absolute Gasteiger partial charge is 0.258 e. The van der Waals surface area contributed by atoms with Gasteiger partial charge in [0, 0.05) is 6.07 Å². The largest absolute Gasteiger partial charge is 0.508 e. The predicted octanol–water partition coefficient (Wildman–Crippen LogP) is 1.43. The Hall–Kier alpha value is -2.74. The van der Waals surface area contributed by atoms with E-state index in [-0.39, 0.29) is 11.3 Å². The van der Waals surface area contributed by atoms with Crippen molar-refractivity contribution in [2.45, 2.75) is 6.92 Å². The van der Waals surface area contributed by atoms with Gasteiger partial charge in [0.2, 0.25) is 5.88 Å². The number of hydrogen-bond acceptors (Lipinski definition) is 4. The standard InChI is InChI=1S/C13H10N2O3/c1-8-6-12(17)15(13(18)11(8)7-14)9-2-4-10(16)5-3-9/h2-6,16,18H,1H3. The van der Waals surface area contributed by atoms with Gasteiger partial charge in [0.1, 0.15) is 17.4 Å². The zero-order chi connectivity index (χ0) is 13.3. The van der Waals surface area contributed by atoms with Crippen molar-refractivity contribution in [1.82, 2.24) is 4.57 Å². The summed E-state index contributed by atoms with van der Waals surface area (Å²) in [6, 6.07) is 8.89. The Morgan fingerprint density at radius 1 is 1.22 bits per heavy atom. The SMILES string of the molecule is Cc1cc(=O)n(-c2ccc(O)cc2)c(O)c1C#N. The molecule has 2 aromatic rings. The summed E-state index contributed by atoms with van der Waals surface area (Å²) in [6.07, 6.45) is 0. The maximum Gasteiger partial charge on any atom is 0.258 e.